The van der Waals surface area contributed by atoms with E-state index in [1.807, 2.05) is 0 Å². The molecule has 0 bridgehead atoms. The number of aliphatic hydroxyl groups is 1. The van der Waals surface area contributed by atoms with Crippen molar-refractivity contribution in [1.82, 2.24) is 0 Å². The van der Waals surface area contributed by atoms with E-state index in [0.717, 1.165) is 6.42 Å². The maximum Gasteiger partial charge on any atom is 0.312 e. The molecule has 1 heterocycles. The number of halogens is 1. The summed E-state index contributed by atoms with van der Waals surface area (Å²) in [5.41, 5.74) is -0.935. The number of hydrogen-bond acceptors (Lipinski definition) is 4. The molecule has 110 valence electrons. The highest BCUT2D eigenvalue weighted by Gasteiger charge is 2.37. The van der Waals surface area contributed by atoms with E-state index < -0.39 is 17.5 Å². The fourth-order valence-corrected chi connectivity index (χ4v) is 2.22. The Labute approximate surface area is 122 Å². The summed E-state index contributed by atoms with van der Waals surface area (Å²) in [6, 6.07) is 3.10. The Balaban J connectivity index is 2.41. The van der Waals surface area contributed by atoms with E-state index in [9.17, 15) is 15.0 Å². The zero-order valence-electron chi connectivity index (χ0n) is 11.4. The van der Waals surface area contributed by atoms with Crippen molar-refractivity contribution >= 4 is 17.6 Å². The first-order valence-corrected chi connectivity index (χ1v) is 6.72. The molecule has 1 aromatic rings. The molecule has 0 saturated carbocycles. The maximum atomic E-state index is 11.2. The fraction of sp³-hybridized carbons (Fsp3) is 0.500. The fourth-order valence-electron chi connectivity index (χ4n) is 1.94. The quantitative estimate of drug-likeness (QED) is 0.897. The van der Waals surface area contributed by atoms with Gasteiger partial charge in [0.15, 0.2) is 11.5 Å². The molecule has 0 saturated heterocycles. The molecule has 1 unspecified atom stereocenters. The van der Waals surface area contributed by atoms with Crippen molar-refractivity contribution in [3.63, 3.8) is 0 Å². The highest BCUT2D eigenvalue weighted by Crippen LogP contribution is 2.42. The van der Waals surface area contributed by atoms with Crippen LogP contribution >= 0.6 is 11.6 Å². The Morgan fingerprint density at radius 3 is 2.65 bits per heavy atom. The van der Waals surface area contributed by atoms with Gasteiger partial charge in [0.2, 0.25) is 0 Å². The van der Waals surface area contributed by atoms with Gasteiger partial charge in [0, 0.05) is 6.42 Å². The van der Waals surface area contributed by atoms with E-state index in [4.69, 9.17) is 21.1 Å². The van der Waals surface area contributed by atoms with Gasteiger partial charge in [-0.05, 0) is 31.5 Å². The molecule has 1 aliphatic rings. The van der Waals surface area contributed by atoms with Crippen molar-refractivity contribution in [2.45, 2.75) is 26.4 Å². The van der Waals surface area contributed by atoms with E-state index in [1.54, 1.807) is 6.07 Å². The molecule has 0 spiro atoms. The number of aliphatic carboxylic acids is 1. The van der Waals surface area contributed by atoms with Gasteiger partial charge in [-0.25, -0.2) is 0 Å². The molecule has 1 aliphatic heterocycles. The first-order chi connectivity index (χ1) is 9.34. The second-order valence-electron chi connectivity index (χ2n) is 5.31. The summed E-state index contributed by atoms with van der Waals surface area (Å²) in [6.07, 6.45) is -0.460. The predicted molar refractivity (Wildman–Crippen MR) is 73.4 cm³/mol. The van der Waals surface area contributed by atoms with Crippen molar-refractivity contribution in [3.8, 4) is 11.5 Å². The Kier molecular flexibility index (Phi) is 4.11. The van der Waals surface area contributed by atoms with Crippen LogP contribution in [-0.4, -0.2) is 29.4 Å². The predicted octanol–water partition coefficient (Wildman–Crippen LogP) is 2.65. The lowest BCUT2D eigenvalue weighted by Gasteiger charge is -2.27. The second-order valence-corrected chi connectivity index (χ2v) is 5.72. The van der Waals surface area contributed by atoms with Crippen LogP contribution in [0.2, 0.25) is 5.02 Å². The van der Waals surface area contributed by atoms with Crippen molar-refractivity contribution < 1.29 is 24.5 Å². The van der Waals surface area contributed by atoms with Gasteiger partial charge in [0.1, 0.15) is 0 Å². The van der Waals surface area contributed by atoms with Crippen LogP contribution in [0.15, 0.2) is 12.1 Å². The van der Waals surface area contributed by atoms with Crippen LogP contribution in [0.3, 0.4) is 0 Å². The summed E-state index contributed by atoms with van der Waals surface area (Å²) in [7, 11) is 0. The van der Waals surface area contributed by atoms with Crippen LogP contribution in [0.5, 0.6) is 11.5 Å². The Hall–Kier alpha value is -1.46. The van der Waals surface area contributed by atoms with Gasteiger partial charge in [0.05, 0.1) is 29.8 Å². The van der Waals surface area contributed by atoms with E-state index in [-0.39, 0.29) is 0 Å². The number of ether oxygens (including phenoxy) is 2. The topological polar surface area (TPSA) is 76.0 Å². The summed E-state index contributed by atoms with van der Waals surface area (Å²) >= 11 is 6.13. The molecule has 1 aromatic carbocycles. The largest absolute Gasteiger partial charge is 0.489 e. The second kappa shape index (κ2) is 5.50. The van der Waals surface area contributed by atoms with Gasteiger partial charge in [-0.15, -0.1) is 0 Å². The van der Waals surface area contributed by atoms with Crippen molar-refractivity contribution in [2.75, 3.05) is 13.2 Å². The van der Waals surface area contributed by atoms with E-state index in [1.165, 1.54) is 19.9 Å². The number of hydrogen-bond donors (Lipinski definition) is 2. The van der Waals surface area contributed by atoms with Gasteiger partial charge in [0.25, 0.3) is 0 Å². The molecule has 0 fully saturated rings. The molecule has 0 radical (unpaired) electrons. The average Bonchev–Trinajstić information content (AvgIpc) is 2.63. The Morgan fingerprint density at radius 2 is 2.00 bits per heavy atom. The highest BCUT2D eigenvalue weighted by atomic mass is 35.5. The van der Waals surface area contributed by atoms with E-state index >= 15 is 0 Å². The van der Waals surface area contributed by atoms with Crippen LogP contribution in [0.1, 0.15) is 31.9 Å². The number of carbonyl (C=O) groups is 1. The SMILES string of the molecule is CC(C)(C(=O)O)C(O)c1cc(Cl)c2c(c1)OCCCO2. The van der Waals surface area contributed by atoms with Crippen molar-refractivity contribution in [3.05, 3.63) is 22.7 Å². The van der Waals surface area contributed by atoms with Crippen LogP contribution in [0.4, 0.5) is 0 Å². The van der Waals surface area contributed by atoms with Crippen LogP contribution in [0.25, 0.3) is 0 Å². The Bertz CT molecular complexity index is 527. The van der Waals surface area contributed by atoms with Gasteiger partial charge < -0.3 is 19.7 Å². The molecule has 20 heavy (non-hydrogen) atoms. The number of carboxylic acid groups (broad SMARTS) is 1. The summed E-state index contributed by atoms with van der Waals surface area (Å²) in [5.74, 6) is -0.216. The van der Waals surface area contributed by atoms with E-state index in [2.05, 4.69) is 0 Å². The van der Waals surface area contributed by atoms with Gasteiger partial charge in [-0.3, -0.25) is 4.79 Å². The zero-order chi connectivity index (χ0) is 14.9. The summed E-state index contributed by atoms with van der Waals surface area (Å²) < 4.78 is 11.0. The molecule has 5 nitrogen and oxygen atoms in total. The Morgan fingerprint density at radius 1 is 1.35 bits per heavy atom. The lowest BCUT2D eigenvalue weighted by atomic mass is 9.82. The molecule has 0 amide bonds. The normalized spacial score (nSPS) is 16.4. The first-order valence-electron chi connectivity index (χ1n) is 6.34. The number of benzene rings is 1. The zero-order valence-corrected chi connectivity index (χ0v) is 12.1. The lowest BCUT2D eigenvalue weighted by Crippen LogP contribution is -2.31. The molecule has 0 aromatic heterocycles. The minimum absolute atomic E-state index is 0.305. The smallest absolute Gasteiger partial charge is 0.312 e. The van der Waals surface area contributed by atoms with Crippen LogP contribution in [0, 0.1) is 5.41 Å². The molecular weight excluding hydrogens is 284 g/mol. The monoisotopic (exact) mass is 300 g/mol. The minimum Gasteiger partial charge on any atom is -0.489 e. The number of rotatable bonds is 3. The van der Waals surface area contributed by atoms with Gasteiger partial charge in [-0.2, -0.15) is 0 Å². The highest BCUT2D eigenvalue weighted by molar-refractivity contribution is 6.32. The number of carboxylic acids is 1. The average molecular weight is 301 g/mol. The summed E-state index contributed by atoms with van der Waals surface area (Å²) in [4.78, 5) is 11.2. The molecule has 6 heteroatoms. The van der Waals surface area contributed by atoms with Gasteiger partial charge >= 0.3 is 5.97 Å². The lowest BCUT2D eigenvalue weighted by molar-refractivity contribution is -0.153. The minimum atomic E-state index is -1.33. The third kappa shape index (κ3) is 2.69. The van der Waals surface area contributed by atoms with Crippen molar-refractivity contribution in [2.24, 2.45) is 5.41 Å². The molecule has 1 atom stereocenters. The van der Waals surface area contributed by atoms with Crippen LogP contribution in [-0.2, 0) is 4.79 Å². The molecule has 0 aliphatic carbocycles. The third-order valence-corrected chi connectivity index (χ3v) is 3.66. The van der Waals surface area contributed by atoms with Gasteiger partial charge in [-0.1, -0.05) is 11.6 Å². The third-order valence-electron chi connectivity index (χ3n) is 3.38. The van der Waals surface area contributed by atoms with Crippen LogP contribution < -0.4 is 9.47 Å². The first kappa shape index (κ1) is 14.9. The summed E-state index contributed by atoms with van der Waals surface area (Å²) in [6.45, 7) is 3.91. The number of aliphatic hydroxyl groups excluding tert-OH is 1. The van der Waals surface area contributed by atoms with E-state index in [0.29, 0.717) is 35.3 Å². The number of fused-ring (bicyclic) bond motifs is 1. The summed E-state index contributed by atoms with van der Waals surface area (Å²) in [5, 5.41) is 19.8. The maximum absolute atomic E-state index is 11.2. The molecular formula is C14H17ClO5. The molecule has 2 N–H and O–H groups in total. The van der Waals surface area contributed by atoms with Crippen molar-refractivity contribution in [1.29, 1.82) is 0 Å². The molecule has 2 rings (SSSR count). The standard InChI is InChI=1S/C14H17ClO5/c1-14(2,13(17)18)12(16)8-6-9(15)11-10(7-8)19-4-3-5-20-11/h6-7,12,16H,3-5H2,1-2H3,(H,17,18).